The number of nitrogens with zero attached hydrogens (tertiary/aromatic N) is 2. The molecule has 0 aliphatic heterocycles. The van der Waals surface area contributed by atoms with Gasteiger partial charge < -0.3 is 4.74 Å². The van der Waals surface area contributed by atoms with Gasteiger partial charge in [0, 0.05) is 12.3 Å². The van der Waals surface area contributed by atoms with Crippen LogP contribution in [-0.2, 0) is 11.5 Å². The van der Waals surface area contributed by atoms with Gasteiger partial charge in [0.1, 0.15) is 6.73 Å². The molecular formula is C8H12N2O2. The van der Waals surface area contributed by atoms with Gasteiger partial charge in [0.05, 0.1) is 11.8 Å². The minimum Gasteiger partial charge on any atom is -0.360 e. The van der Waals surface area contributed by atoms with Crippen molar-refractivity contribution in [3.63, 3.8) is 0 Å². The number of carbonyl (C=O) groups is 1. The summed E-state index contributed by atoms with van der Waals surface area (Å²) in [6.45, 7) is 4.82. The number of ether oxygens (including phenoxy) is 1. The Labute approximate surface area is 71.1 Å². The standard InChI is InChI=1S/C8H12N2O2/c1-3-12-6-10-7(2)8(5-11)4-9-10/h4-5H,3,6H2,1-2H3. The second kappa shape index (κ2) is 4.01. The predicted octanol–water partition coefficient (Wildman–Crippen LogP) is 0.998. The molecule has 66 valence electrons. The average Bonchev–Trinajstić information content (AvgIpc) is 2.43. The lowest BCUT2D eigenvalue weighted by Gasteiger charge is -2.03. The Bertz CT molecular complexity index is 268. The molecule has 0 saturated carbocycles. The summed E-state index contributed by atoms with van der Waals surface area (Å²) in [6, 6.07) is 0. The number of hydrogen-bond acceptors (Lipinski definition) is 3. The Balaban J connectivity index is 2.72. The molecule has 0 N–H and O–H groups in total. The summed E-state index contributed by atoms with van der Waals surface area (Å²) in [5.74, 6) is 0. The number of carbonyl (C=O) groups excluding carboxylic acids is 1. The largest absolute Gasteiger partial charge is 0.360 e. The van der Waals surface area contributed by atoms with Crippen LogP contribution in [0.2, 0.25) is 0 Å². The van der Waals surface area contributed by atoms with Crippen LogP contribution < -0.4 is 0 Å². The first-order valence-corrected chi connectivity index (χ1v) is 3.85. The highest BCUT2D eigenvalue weighted by atomic mass is 16.5. The van der Waals surface area contributed by atoms with E-state index in [1.54, 1.807) is 10.9 Å². The van der Waals surface area contributed by atoms with Gasteiger partial charge in [-0.25, -0.2) is 4.68 Å². The minimum absolute atomic E-state index is 0.413. The molecule has 1 aromatic heterocycles. The fourth-order valence-electron chi connectivity index (χ4n) is 0.885. The first-order valence-electron chi connectivity index (χ1n) is 3.85. The van der Waals surface area contributed by atoms with Crippen LogP contribution in [0.25, 0.3) is 0 Å². The Morgan fingerprint density at radius 3 is 3.00 bits per heavy atom. The molecule has 1 heterocycles. The normalized spacial score (nSPS) is 10.2. The number of aromatic nitrogens is 2. The van der Waals surface area contributed by atoms with Gasteiger partial charge in [-0.05, 0) is 13.8 Å². The zero-order chi connectivity index (χ0) is 8.97. The third-order valence-electron chi connectivity index (χ3n) is 1.69. The Kier molecular flexibility index (Phi) is 2.99. The Hall–Kier alpha value is -1.16. The third-order valence-corrected chi connectivity index (χ3v) is 1.69. The molecule has 0 bridgehead atoms. The van der Waals surface area contributed by atoms with Crippen LogP contribution in [0.1, 0.15) is 23.0 Å². The van der Waals surface area contributed by atoms with Crippen molar-refractivity contribution < 1.29 is 9.53 Å². The van der Waals surface area contributed by atoms with Crippen molar-refractivity contribution in [2.24, 2.45) is 0 Å². The van der Waals surface area contributed by atoms with Crippen LogP contribution in [0.15, 0.2) is 6.20 Å². The molecular weight excluding hydrogens is 156 g/mol. The number of hydrogen-bond donors (Lipinski definition) is 0. The van der Waals surface area contributed by atoms with E-state index < -0.39 is 0 Å². The van der Waals surface area contributed by atoms with Crippen molar-refractivity contribution in [3.05, 3.63) is 17.5 Å². The highest BCUT2D eigenvalue weighted by Crippen LogP contribution is 2.03. The summed E-state index contributed by atoms with van der Waals surface area (Å²) >= 11 is 0. The Morgan fingerprint density at radius 2 is 2.50 bits per heavy atom. The topological polar surface area (TPSA) is 44.1 Å². The molecule has 1 aromatic rings. The summed E-state index contributed by atoms with van der Waals surface area (Å²) in [6.07, 6.45) is 2.34. The molecule has 12 heavy (non-hydrogen) atoms. The molecule has 0 saturated heterocycles. The first kappa shape index (κ1) is 8.93. The highest BCUT2D eigenvalue weighted by molar-refractivity contribution is 5.75. The number of rotatable bonds is 4. The fraction of sp³-hybridized carbons (Fsp3) is 0.500. The minimum atomic E-state index is 0.413. The summed E-state index contributed by atoms with van der Waals surface area (Å²) in [4.78, 5) is 10.4. The van der Waals surface area contributed by atoms with E-state index in [1.165, 1.54) is 0 Å². The van der Waals surface area contributed by atoms with Crippen LogP contribution in [0.4, 0.5) is 0 Å². The second-order valence-corrected chi connectivity index (χ2v) is 2.42. The van der Waals surface area contributed by atoms with Crippen molar-refractivity contribution in [1.29, 1.82) is 0 Å². The van der Waals surface area contributed by atoms with Crippen molar-refractivity contribution in [1.82, 2.24) is 9.78 Å². The molecule has 0 aromatic carbocycles. The lowest BCUT2D eigenvalue weighted by molar-refractivity contribution is 0.0776. The predicted molar refractivity (Wildman–Crippen MR) is 44.0 cm³/mol. The molecule has 0 unspecified atom stereocenters. The van der Waals surface area contributed by atoms with Gasteiger partial charge in [-0.1, -0.05) is 0 Å². The van der Waals surface area contributed by atoms with Gasteiger partial charge in [-0.2, -0.15) is 5.10 Å². The zero-order valence-electron chi connectivity index (χ0n) is 7.28. The maximum Gasteiger partial charge on any atom is 0.153 e. The monoisotopic (exact) mass is 168 g/mol. The molecule has 4 heteroatoms. The molecule has 0 radical (unpaired) electrons. The second-order valence-electron chi connectivity index (χ2n) is 2.42. The van der Waals surface area contributed by atoms with Crippen molar-refractivity contribution in [3.8, 4) is 0 Å². The van der Waals surface area contributed by atoms with Gasteiger partial charge in [0.2, 0.25) is 0 Å². The molecule has 4 nitrogen and oxygen atoms in total. The lowest BCUT2D eigenvalue weighted by Crippen LogP contribution is -2.05. The van der Waals surface area contributed by atoms with Crippen LogP contribution >= 0.6 is 0 Å². The smallest absolute Gasteiger partial charge is 0.153 e. The molecule has 0 atom stereocenters. The van der Waals surface area contributed by atoms with Gasteiger partial charge >= 0.3 is 0 Å². The first-order chi connectivity index (χ1) is 5.79. The van der Waals surface area contributed by atoms with Crippen LogP contribution in [0, 0.1) is 6.92 Å². The van der Waals surface area contributed by atoms with E-state index in [1.807, 2.05) is 13.8 Å². The summed E-state index contributed by atoms with van der Waals surface area (Å²) < 4.78 is 6.80. The summed E-state index contributed by atoms with van der Waals surface area (Å²) in [7, 11) is 0. The highest BCUT2D eigenvalue weighted by Gasteiger charge is 2.03. The molecule has 0 spiro atoms. The van der Waals surface area contributed by atoms with Gasteiger partial charge in [0.15, 0.2) is 6.29 Å². The molecule has 1 rings (SSSR count). The third kappa shape index (κ3) is 1.71. The van der Waals surface area contributed by atoms with Crippen LogP contribution in [0.5, 0.6) is 0 Å². The zero-order valence-corrected chi connectivity index (χ0v) is 7.28. The molecule has 0 aliphatic carbocycles. The fourth-order valence-corrected chi connectivity index (χ4v) is 0.885. The van der Waals surface area contributed by atoms with Gasteiger partial charge in [-0.3, -0.25) is 4.79 Å². The van der Waals surface area contributed by atoms with E-state index in [4.69, 9.17) is 4.74 Å². The molecule has 0 aliphatic rings. The van der Waals surface area contributed by atoms with Crippen molar-refractivity contribution >= 4 is 6.29 Å². The van der Waals surface area contributed by atoms with E-state index in [2.05, 4.69) is 5.10 Å². The number of aldehydes is 1. The van der Waals surface area contributed by atoms with Gasteiger partial charge in [0.25, 0.3) is 0 Å². The summed E-state index contributed by atoms with van der Waals surface area (Å²) in [5, 5.41) is 3.98. The van der Waals surface area contributed by atoms with E-state index in [9.17, 15) is 4.79 Å². The molecule has 0 amide bonds. The van der Waals surface area contributed by atoms with Crippen molar-refractivity contribution in [2.75, 3.05) is 6.61 Å². The quantitative estimate of drug-likeness (QED) is 0.630. The van der Waals surface area contributed by atoms with E-state index in [0.717, 1.165) is 12.0 Å². The maximum atomic E-state index is 10.4. The lowest BCUT2D eigenvalue weighted by atomic mass is 10.3. The van der Waals surface area contributed by atoms with E-state index in [-0.39, 0.29) is 0 Å². The van der Waals surface area contributed by atoms with E-state index >= 15 is 0 Å². The van der Waals surface area contributed by atoms with Crippen molar-refractivity contribution in [2.45, 2.75) is 20.6 Å². The SMILES string of the molecule is CCOCn1ncc(C=O)c1C. The van der Waals surface area contributed by atoms with Crippen LogP contribution in [-0.4, -0.2) is 22.7 Å². The summed E-state index contributed by atoms with van der Waals surface area (Å²) in [5.41, 5.74) is 1.47. The van der Waals surface area contributed by atoms with Gasteiger partial charge in [-0.15, -0.1) is 0 Å². The van der Waals surface area contributed by atoms with E-state index in [0.29, 0.717) is 18.9 Å². The maximum absolute atomic E-state index is 10.4. The Morgan fingerprint density at radius 1 is 1.75 bits per heavy atom. The molecule has 0 fully saturated rings. The average molecular weight is 168 g/mol. The van der Waals surface area contributed by atoms with Crippen LogP contribution in [0.3, 0.4) is 0 Å².